The molecule has 11 heteroatoms. The third kappa shape index (κ3) is 164. The van der Waals surface area contributed by atoms with Crippen LogP contribution in [0.15, 0.2) is 0 Å². The van der Waals surface area contributed by atoms with Gasteiger partial charge in [-0.1, -0.05) is 0 Å². The van der Waals surface area contributed by atoms with Gasteiger partial charge in [0.2, 0.25) is 0 Å². The van der Waals surface area contributed by atoms with E-state index in [1.807, 2.05) is 0 Å². The van der Waals surface area contributed by atoms with Crippen molar-refractivity contribution in [2.45, 2.75) is 0 Å². The third-order valence-corrected chi connectivity index (χ3v) is 0. The van der Waals surface area contributed by atoms with Crippen molar-refractivity contribution >= 4 is 0 Å². The van der Waals surface area contributed by atoms with Gasteiger partial charge in [-0.05, 0) is 0 Å². The molecule has 53 valence electrons. The summed E-state index contributed by atoms with van der Waals surface area (Å²) in [5, 5.41) is 24.0. The molecule has 0 aromatic heterocycles. The van der Waals surface area contributed by atoms with Gasteiger partial charge >= 0.3 is 131 Å². The zero-order valence-electron chi connectivity index (χ0n) is 8.92. The molecule has 0 saturated carbocycles. The Bertz CT molecular complexity index is 23.8. The predicted molar refractivity (Wildman–Crippen MR) is 28.4 cm³/mol. The molecule has 0 aliphatic carbocycles. The Morgan fingerprint density at radius 1 is 0.636 bits per heavy atom. The Labute approximate surface area is 168 Å². The van der Waals surface area contributed by atoms with Crippen LogP contribution in [-0.2, 0) is 0 Å². The molecule has 0 aliphatic rings. The second-order valence-electron chi connectivity index (χ2n) is 0. The van der Waals surface area contributed by atoms with Gasteiger partial charge in [-0.25, -0.2) is 0 Å². The van der Waals surface area contributed by atoms with Crippen LogP contribution in [0, 0.1) is 145 Å². The van der Waals surface area contributed by atoms with Crippen LogP contribution in [0.4, 0.5) is 0 Å². The van der Waals surface area contributed by atoms with Crippen molar-refractivity contribution in [2.24, 2.45) is 0 Å². The molecule has 0 aliphatic heterocycles. The van der Waals surface area contributed by atoms with Crippen molar-refractivity contribution in [1.82, 2.24) is 0 Å². The molecular weight excluding hydrogens is 548 g/mol. The number of rotatable bonds is 0. The van der Waals surface area contributed by atoms with E-state index in [9.17, 15) is 0 Å². The Morgan fingerprint density at radius 3 is 0.636 bits per heavy atom. The van der Waals surface area contributed by atoms with Gasteiger partial charge < -0.3 is 0 Å². The molecule has 0 unspecified atom stereocenters. The van der Waals surface area contributed by atoms with Crippen molar-refractivity contribution in [1.29, 1.82) is 0 Å². The monoisotopic (exact) mass is 556 g/mol. The summed E-state index contributed by atoms with van der Waals surface area (Å²) in [4.78, 5) is 28.0. The van der Waals surface area contributed by atoms with Crippen molar-refractivity contribution in [3.05, 3.63) is 19.9 Å². The third-order valence-electron chi connectivity index (χ3n) is 0. The van der Waals surface area contributed by atoms with E-state index < -0.39 is 0 Å². The summed E-state index contributed by atoms with van der Waals surface area (Å²) in [6, 6.07) is 0. The van der Waals surface area contributed by atoms with Gasteiger partial charge in [0.05, 0.1) is 0 Å². The summed E-state index contributed by atoms with van der Waals surface area (Å²) >= 11 is 0. The molecule has 0 saturated heterocycles. The van der Waals surface area contributed by atoms with Crippen molar-refractivity contribution in [2.75, 3.05) is 0 Å². The number of hydrogen-bond acceptors (Lipinski definition) is 8. The quantitative estimate of drug-likeness (QED) is 0.251. The van der Waals surface area contributed by atoms with Gasteiger partial charge in [0.25, 0.3) is 0 Å². The van der Waals surface area contributed by atoms with E-state index in [1.165, 1.54) is 0 Å². The second-order valence-corrected chi connectivity index (χ2v) is 0. The fourth-order valence-corrected chi connectivity index (χ4v) is 0. The fourth-order valence-electron chi connectivity index (χ4n) is 0. The molecule has 4 N–H and O–H groups in total. The van der Waals surface area contributed by atoms with Crippen LogP contribution in [0.2, 0.25) is 0 Å². The first-order valence-electron chi connectivity index (χ1n) is 0.733. The van der Waals surface area contributed by atoms with E-state index in [4.69, 9.17) is 40.9 Å². The summed E-state index contributed by atoms with van der Waals surface area (Å²) in [5.41, 5.74) is 0. The topological polar surface area (TPSA) is 149 Å². The Morgan fingerprint density at radius 2 is 0.636 bits per heavy atom. The van der Waals surface area contributed by atoms with Crippen LogP contribution in [0.5, 0.6) is 0 Å². The first-order valence-corrected chi connectivity index (χ1v) is 0.733. The summed E-state index contributed by atoms with van der Waals surface area (Å²) in [6.45, 7) is 0. The molecule has 8 nitrogen and oxygen atoms in total. The molecular formula is H8Ce3O8+15. The minimum atomic E-state index is 0. The molecule has 0 aromatic rings. The van der Waals surface area contributed by atoms with E-state index in [0.29, 0.717) is 0 Å². The summed E-state index contributed by atoms with van der Waals surface area (Å²) in [5.74, 6) is 0. The van der Waals surface area contributed by atoms with Gasteiger partial charge in [-0.3, -0.25) is 21.0 Å². The van der Waals surface area contributed by atoms with Crippen LogP contribution in [-0.4, -0.2) is 21.0 Å². The molecule has 0 spiro atoms. The summed E-state index contributed by atoms with van der Waals surface area (Å²) < 4.78 is 0. The maximum Gasteiger partial charge on any atom is 4.00 e. The standard InChI is InChI=1S/3Ce.2H2O2.2O2/c;;;4*1-2/h;;;2*1-2H;;/q+3;2*+4;;;;/p+4. The summed E-state index contributed by atoms with van der Waals surface area (Å²) in [6.07, 6.45) is 0. The first kappa shape index (κ1) is 47.8. The van der Waals surface area contributed by atoms with Crippen LogP contribution >= 0.6 is 0 Å². The fraction of sp³-hybridized carbons (Fsp3) is 0. The van der Waals surface area contributed by atoms with Crippen molar-refractivity contribution < 1.29 is 152 Å². The van der Waals surface area contributed by atoms with Crippen LogP contribution < -0.4 is 0 Å². The molecule has 0 rings (SSSR count). The molecule has 0 fully saturated rings. The summed E-state index contributed by atoms with van der Waals surface area (Å²) in [7, 11) is 0. The van der Waals surface area contributed by atoms with Gasteiger partial charge in [0.1, 0.15) is 0 Å². The zero-order chi connectivity index (χ0) is 8.00. The zero-order valence-corrected chi connectivity index (χ0v) is 14.3. The van der Waals surface area contributed by atoms with E-state index >= 15 is 0 Å². The minimum Gasteiger partial charge on any atom is -0.255 e. The average Bonchev–Trinajstić information content (AvgIpc) is 2.03. The van der Waals surface area contributed by atoms with Gasteiger partial charge in [0, 0.05) is 19.9 Å². The maximum absolute atomic E-state index is 7.00. The Hall–Kier alpha value is 3.17. The molecule has 0 amide bonds. The van der Waals surface area contributed by atoms with E-state index in [0.717, 1.165) is 0 Å². The predicted octanol–water partition coefficient (Wildman–Crippen LogP) is 0.619. The van der Waals surface area contributed by atoms with Crippen molar-refractivity contribution in [3.8, 4) is 0 Å². The number of hydrogen-bond donors (Lipinski definition) is 4. The molecule has 0 atom stereocenters. The Kier molecular flexibility index (Phi) is 844. The van der Waals surface area contributed by atoms with Crippen LogP contribution in [0.1, 0.15) is 5.71 Å². The smallest absolute Gasteiger partial charge is 0.255 e. The average molecular weight is 556 g/mol. The maximum atomic E-state index is 7.00. The van der Waals surface area contributed by atoms with Crippen LogP contribution in [0.25, 0.3) is 0 Å². The van der Waals surface area contributed by atoms with E-state index in [1.54, 1.807) is 0 Å². The second kappa shape index (κ2) is 194. The largest absolute Gasteiger partial charge is 4.00 e. The molecule has 11 heavy (non-hydrogen) atoms. The molecule has 0 heterocycles. The van der Waals surface area contributed by atoms with Gasteiger partial charge in [-0.2, -0.15) is 0 Å². The molecule has 1 radical (unpaired) electrons. The normalized spacial score (nSPS) is 1.82. The molecule has 0 aromatic carbocycles. The minimum absolute atomic E-state index is 0. The van der Waals surface area contributed by atoms with Gasteiger partial charge in [0.15, 0.2) is 0 Å². The van der Waals surface area contributed by atoms with E-state index in [-0.39, 0.29) is 131 Å². The van der Waals surface area contributed by atoms with Crippen LogP contribution in [0.3, 0.4) is 0 Å². The van der Waals surface area contributed by atoms with Crippen molar-refractivity contribution in [3.63, 3.8) is 0 Å². The molecule has 0 bridgehead atoms. The first-order chi connectivity index (χ1) is 4.00. The van der Waals surface area contributed by atoms with Gasteiger partial charge in [-0.15, -0.1) is 0 Å². The van der Waals surface area contributed by atoms with E-state index in [2.05, 4.69) is 0 Å². The Balaban J connectivity index is -0.00000000137. The SMILES string of the molecule is O=O.O=O.OO.OO.[Ce+3].[Ce+4].[Ce+4].[H+].[H+].[H+].[H+].